The highest BCUT2D eigenvalue weighted by Crippen LogP contribution is 2.24. The van der Waals surface area contributed by atoms with Gasteiger partial charge in [-0.15, -0.1) is 0 Å². The van der Waals surface area contributed by atoms with Crippen LogP contribution in [0, 0.1) is 12.8 Å². The maximum atomic E-state index is 12.6. The molecular weight excluding hydrogens is 318 g/mol. The summed E-state index contributed by atoms with van der Waals surface area (Å²) in [6.07, 6.45) is 5.60. The van der Waals surface area contributed by atoms with Crippen molar-refractivity contribution in [2.75, 3.05) is 32.1 Å². The van der Waals surface area contributed by atoms with Crippen LogP contribution in [0.15, 0.2) is 22.9 Å². The van der Waals surface area contributed by atoms with E-state index in [1.54, 1.807) is 11.1 Å². The van der Waals surface area contributed by atoms with E-state index in [9.17, 15) is 4.79 Å². The summed E-state index contributed by atoms with van der Waals surface area (Å²) in [5.41, 5.74) is 1.51. The van der Waals surface area contributed by atoms with Crippen LogP contribution < -0.4 is 4.90 Å². The number of hydrogen-bond acceptors (Lipinski definition) is 6. The van der Waals surface area contributed by atoms with E-state index >= 15 is 0 Å². The van der Waals surface area contributed by atoms with Gasteiger partial charge in [0.2, 0.25) is 0 Å². The molecule has 25 heavy (non-hydrogen) atoms. The van der Waals surface area contributed by atoms with Crippen molar-refractivity contribution in [3.63, 3.8) is 0 Å². The fourth-order valence-electron chi connectivity index (χ4n) is 3.17. The Hall–Kier alpha value is -2.44. The van der Waals surface area contributed by atoms with Gasteiger partial charge in [0.15, 0.2) is 5.82 Å². The Morgan fingerprint density at radius 3 is 2.76 bits per heavy atom. The molecule has 2 aromatic rings. The Morgan fingerprint density at radius 2 is 2.12 bits per heavy atom. The number of pyridine rings is 1. The number of carbonyl (C=O) groups is 1. The maximum Gasteiger partial charge on any atom is 0.323 e. The highest BCUT2D eigenvalue weighted by atomic mass is 16.5. The Balaban J connectivity index is 1.48. The maximum absolute atomic E-state index is 12.6. The predicted octanol–water partition coefficient (Wildman–Crippen LogP) is 2.32. The molecule has 1 fully saturated rings. The lowest BCUT2D eigenvalue weighted by Crippen LogP contribution is -2.39. The van der Waals surface area contributed by atoms with Gasteiger partial charge < -0.3 is 14.3 Å². The Labute approximate surface area is 148 Å². The first-order valence-corrected chi connectivity index (χ1v) is 8.75. The first-order chi connectivity index (χ1) is 12.0. The van der Waals surface area contributed by atoms with Gasteiger partial charge in [-0.2, -0.15) is 4.98 Å². The number of likely N-dealkylation sites (tertiary alicyclic amines) is 1. The summed E-state index contributed by atoms with van der Waals surface area (Å²) in [7, 11) is 3.77. The van der Waals surface area contributed by atoms with Crippen molar-refractivity contribution in [1.82, 2.24) is 20.0 Å². The van der Waals surface area contributed by atoms with E-state index in [2.05, 4.69) is 15.1 Å². The SMILES string of the molecule is Cc1ncccc1C(=O)N1CCC(CCc2noc(N(C)C)n2)CC1. The van der Waals surface area contributed by atoms with Crippen molar-refractivity contribution in [1.29, 1.82) is 0 Å². The monoisotopic (exact) mass is 343 g/mol. The molecule has 1 saturated heterocycles. The molecule has 0 aromatic carbocycles. The first kappa shape index (κ1) is 17.4. The minimum absolute atomic E-state index is 0.0952. The van der Waals surface area contributed by atoms with Crippen LogP contribution in [0.4, 0.5) is 6.01 Å². The number of carbonyl (C=O) groups excluding carboxylic acids is 1. The fourth-order valence-corrected chi connectivity index (χ4v) is 3.17. The Morgan fingerprint density at radius 1 is 1.36 bits per heavy atom. The number of amides is 1. The first-order valence-electron chi connectivity index (χ1n) is 8.75. The van der Waals surface area contributed by atoms with Gasteiger partial charge in [-0.1, -0.05) is 5.16 Å². The predicted molar refractivity (Wildman–Crippen MR) is 94.5 cm³/mol. The zero-order valence-electron chi connectivity index (χ0n) is 15.1. The number of hydrogen-bond donors (Lipinski definition) is 0. The van der Waals surface area contributed by atoms with Crippen LogP contribution in [-0.4, -0.2) is 53.1 Å². The van der Waals surface area contributed by atoms with E-state index < -0.39 is 0 Å². The topological polar surface area (TPSA) is 75.4 Å². The number of anilines is 1. The third-order valence-corrected chi connectivity index (χ3v) is 4.76. The highest BCUT2D eigenvalue weighted by Gasteiger charge is 2.25. The molecule has 7 nitrogen and oxygen atoms in total. The second kappa shape index (κ2) is 7.63. The largest absolute Gasteiger partial charge is 0.339 e. The quantitative estimate of drug-likeness (QED) is 0.829. The molecule has 0 aliphatic carbocycles. The molecule has 0 bridgehead atoms. The van der Waals surface area contributed by atoms with Crippen LogP contribution >= 0.6 is 0 Å². The smallest absolute Gasteiger partial charge is 0.323 e. The minimum Gasteiger partial charge on any atom is -0.339 e. The zero-order valence-corrected chi connectivity index (χ0v) is 15.1. The van der Waals surface area contributed by atoms with Gasteiger partial charge in [-0.3, -0.25) is 9.78 Å². The molecule has 0 saturated carbocycles. The van der Waals surface area contributed by atoms with E-state index in [0.29, 0.717) is 17.5 Å². The van der Waals surface area contributed by atoms with Gasteiger partial charge in [-0.25, -0.2) is 0 Å². The van der Waals surface area contributed by atoms with E-state index in [4.69, 9.17) is 4.52 Å². The Bertz CT molecular complexity index is 720. The molecule has 0 spiro atoms. The summed E-state index contributed by atoms with van der Waals surface area (Å²) in [6, 6.07) is 4.22. The summed E-state index contributed by atoms with van der Waals surface area (Å²) in [4.78, 5) is 24.9. The standard InChI is InChI=1S/C18H25N5O2/c1-13-15(5-4-10-19-13)17(24)23-11-8-14(9-12-23)6-7-16-20-18(22(2)3)25-21-16/h4-5,10,14H,6-9,11-12H2,1-3H3. The Kier molecular flexibility index (Phi) is 5.31. The van der Waals surface area contributed by atoms with Gasteiger partial charge >= 0.3 is 6.01 Å². The van der Waals surface area contributed by atoms with Gasteiger partial charge in [0.05, 0.1) is 5.56 Å². The number of aromatic nitrogens is 3. The third kappa shape index (κ3) is 4.15. The van der Waals surface area contributed by atoms with Gasteiger partial charge in [0, 0.05) is 45.5 Å². The van der Waals surface area contributed by atoms with Crippen LogP contribution in [0.5, 0.6) is 0 Å². The zero-order chi connectivity index (χ0) is 17.8. The van der Waals surface area contributed by atoms with Gasteiger partial charge in [0.1, 0.15) is 0 Å². The molecule has 7 heteroatoms. The molecule has 0 atom stereocenters. The van der Waals surface area contributed by atoms with Crippen LogP contribution in [0.3, 0.4) is 0 Å². The van der Waals surface area contributed by atoms with Crippen LogP contribution in [0.25, 0.3) is 0 Å². The molecule has 0 unspecified atom stereocenters. The molecule has 0 radical (unpaired) electrons. The molecule has 1 aliphatic rings. The molecule has 1 aliphatic heterocycles. The van der Waals surface area contributed by atoms with Crippen molar-refractivity contribution in [3.8, 4) is 0 Å². The molecule has 2 aromatic heterocycles. The second-order valence-corrected chi connectivity index (χ2v) is 6.80. The second-order valence-electron chi connectivity index (χ2n) is 6.80. The van der Waals surface area contributed by atoms with Crippen molar-refractivity contribution < 1.29 is 9.32 Å². The molecule has 0 N–H and O–H groups in total. The van der Waals surface area contributed by atoms with Crippen molar-refractivity contribution in [3.05, 3.63) is 35.4 Å². The van der Waals surface area contributed by atoms with Crippen LogP contribution in [-0.2, 0) is 6.42 Å². The van der Waals surface area contributed by atoms with Crippen molar-refractivity contribution >= 4 is 11.9 Å². The summed E-state index contributed by atoms with van der Waals surface area (Å²) in [5.74, 6) is 1.45. The van der Waals surface area contributed by atoms with E-state index in [1.807, 2.05) is 38.1 Å². The summed E-state index contributed by atoms with van der Waals surface area (Å²) in [5, 5.41) is 4.02. The lowest BCUT2D eigenvalue weighted by Gasteiger charge is -2.32. The van der Waals surface area contributed by atoms with Gasteiger partial charge in [0.25, 0.3) is 5.91 Å². The molecule has 1 amide bonds. The average molecular weight is 343 g/mol. The van der Waals surface area contributed by atoms with Crippen molar-refractivity contribution in [2.24, 2.45) is 5.92 Å². The normalized spacial score (nSPS) is 15.4. The molecule has 3 rings (SSSR count). The molecular formula is C18H25N5O2. The van der Waals surface area contributed by atoms with E-state index in [0.717, 1.165) is 50.3 Å². The fraction of sp³-hybridized carbons (Fsp3) is 0.556. The number of aryl methyl sites for hydroxylation is 2. The number of nitrogens with zero attached hydrogens (tertiary/aromatic N) is 5. The van der Waals surface area contributed by atoms with Crippen LogP contribution in [0.2, 0.25) is 0 Å². The summed E-state index contributed by atoms with van der Waals surface area (Å²) < 4.78 is 5.18. The molecule has 3 heterocycles. The summed E-state index contributed by atoms with van der Waals surface area (Å²) >= 11 is 0. The van der Waals surface area contributed by atoms with E-state index in [1.165, 1.54) is 0 Å². The van der Waals surface area contributed by atoms with Gasteiger partial charge in [-0.05, 0) is 44.2 Å². The lowest BCUT2D eigenvalue weighted by molar-refractivity contribution is 0.0685. The van der Waals surface area contributed by atoms with E-state index in [-0.39, 0.29) is 5.91 Å². The molecule has 134 valence electrons. The average Bonchev–Trinajstić information content (AvgIpc) is 3.10. The minimum atomic E-state index is 0.0952. The van der Waals surface area contributed by atoms with Crippen LogP contribution in [0.1, 0.15) is 41.1 Å². The number of rotatable bonds is 5. The third-order valence-electron chi connectivity index (χ3n) is 4.76. The summed E-state index contributed by atoms with van der Waals surface area (Å²) in [6.45, 7) is 3.48. The lowest BCUT2D eigenvalue weighted by atomic mass is 9.91. The highest BCUT2D eigenvalue weighted by molar-refractivity contribution is 5.95. The number of piperidine rings is 1. The van der Waals surface area contributed by atoms with Crippen molar-refractivity contribution in [2.45, 2.75) is 32.6 Å².